The number of ether oxygens (including phenoxy) is 1. The van der Waals surface area contributed by atoms with Crippen LogP contribution in [0.3, 0.4) is 0 Å². The van der Waals surface area contributed by atoms with Crippen LogP contribution >= 0.6 is 11.6 Å². The zero-order chi connectivity index (χ0) is 13.4. The van der Waals surface area contributed by atoms with Gasteiger partial charge in [-0.15, -0.1) is 0 Å². The molecule has 2 nitrogen and oxygen atoms in total. The maximum atomic E-state index is 11.8. The number of hydrogen-bond donors (Lipinski definition) is 0. The van der Waals surface area contributed by atoms with Crippen LogP contribution in [0.15, 0.2) is 24.3 Å². The Hall–Kier alpha value is -1.02. The molecule has 0 unspecified atom stereocenters. The molecular weight excluding hydrogens is 248 g/mol. The van der Waals surface area contributed by atoms with E-state index in [9.17, 15) is 4.79 Å². The molecule has 0 aliphatic heterocycles. The fraction of sp³-hybridized carbons (Fsp3) is 0.533. The summed E-state index contributed by atoms with van der Waals surface area (Å²) in [5.41, 5.74) is 0.555. The second-order valence-corrected chi connectivity index (χ2v) is 5.01. The highest BCUT2D eigenvalue weighted by Gasteiger charge is 2.11. The Morgan fingerprint density at radius 3 is 2.50 bits per heavy atom. The second-order valence-electron chi connectivity index (χ2n) is 4.57. The summed E-state index contributed by atoms with van der Waals surface area (Å²) in [6.07, 6.45) is 5.70. The van der Waals surface area contributed by atoms with Crippen molar-refractivity contribution in [3.63, 3.8) is 0 Å². The third kappa shape index (κ3) is 5.54. The Balaban J connectivity index is 2.33. The summed E-state index contributed by atoms with van der Waals surface area (Å²) in [7, 11) is 0. The molecule has 100 valence electrons. The topological polar surface area (TPSA) is 26.3 Å². The van der Waals surface area contributed by atoms with Crippen molar-refractivity contribution in [2.45, 2.75) is 52.1 Å². The molecule has 0 aliphatic rings. The van der Waals surface area contributed by atoms with E-state index in [4.69, 9.17) is 16.3 Å². The van der Waals surface area contributed by atoms with Crippen LogP contribution in [0.5, 0.6) is 0 Å². The molecule has 1 aromatic rings. The number of esters is 1. The van der Waals surface area contributed by atoms with Gasteiger partial charge < -0.3 is 4.74 Å². The maximum Gasteiger partial charge on any atom is 0.338 e. The van der Waals surface area contributed by atoms with Gasteiger partial charge in [-0.1, -0.05) is 37.8 Å². The molecule has 0 fully saturated rings. The predicted molar refractivity (Wildman–Crippen MR) is 75.1 cm³/mol. The van der Waals surface area contributed by atoms with Gasteiger partial charge in [0.2, 0.25) is 0 Å². The number of benzene rings is 1. The highest BCUT2D eigenvalue weighted by Crippen LogP contribution is 2.13. The fourth-order valence-corrected chi connectivity index (χ4v) is 1.88. The van der Waals surface area contributed by atoms with Gasteiger partial charge in [0.15, 0.2) is 0 Å². The van der Waals surface area contributed by atoms with Crippen molar-refractivity contribution >= 4 is 17.6 Å². The lowest BCUT2D eigenvalue weighted by Gasteiger charge is -2.13. The Bertz CT molecular complexity index is 359. The van der Waals surface area contributed by atoms with Crippen molar-refractivity contribution in [2.75, 3.05) is 0 Å². The monoisotopic (exact) mass is 268 g/mol. The van der Waals surface area contributed by atoms with Gasteiger partial charge >= 0.3 is 5.97 Å². The molecular formula is C15H21ClO2. The summed E-state index contributed by atoms with van der Waals surface area (Å²) in [5.74, 6) is -0.269. The van der Waals surface area contributed by atoms with Gasteiger partial charge in [0, 0.05) is 5.02 Å². The molecule has 0 bridgehead atoms. The smallest absolute Gasteiger partial charge is 0.338 e. The van der Waals surface area contributed by atoms with Crippen LogP contribution < -0.4 is 0 Å². The quantitative estimate of drug-likeness (QED) is 0.522. The van der Waals surface area contributed by atoms with Gasteiger partial charge in [0.25, 0.3) is 0 Å². The van der Waals surface area contributed by atoms with Crippen molar-refractivity contribution < 1.29 is 9.53 Å². The number of carbonyl (C=O) groups is 1. The molecule has 0 spiro atoms. The van der Waals surface area contributed by atoms with E-state index in [1.807, 2.05) is 6.92 Å². The number of rotatable bonds is 7. The summed E-state index contributed by atoms with van der Waals surface area (Å²) in [4.78, 5) is 11.8. The van der Waals surface area contributed by atoms with Gasteiger partial charge in [-0.3, -0.25) is 0 Å². The summed E-state index contributed by atoms with van der Waals surface area (Å²) < 4.78 is 5.37. The first-order chi connectivity index (χ1) is 8.63. The van der Waals surface area contributed by atoms with Crippen LogP contribution in [0.1, 0.15) is 56.3 Å². The lowest BCUT2D eigenvalue weighted by atomic mass is 10.1. The van der Waals surface area contributed by atoms with Crippen LogP contribution in [-0.4, -0.2) is 12.1 Å². The zero-order valence-corrected chi connectivity index (χ0v) is 11.9. The van der Waals surface area contributed by atoms with Crippen LogP contribution in [0, 0.1) is 0 Å². The number of hydrogen-bond acceptors (Lipinski definition) is 2. The van der Waals surface area contributed by atoms with Crippen molar-refractivity contribution in [2.24, 2.45) is 0 Å². The highest BCUT2D eigenvalue weighted by atomic mass is 35.5. The highest BCUT2D eigenvalue weighted by molar-refractivity contribution is 6.30. The molecule has 1 aromatic carbocycles. The Morgan fingerprint density at radius 2 is 1.89 bits per heavy atom. The molecule has 0 heterocycles. The average molecular weight is 269 g/mol. The van der Waals surface area contributed by atoms with E-state index in [2.05, 4.69) is 6.92 Å². The lowest BCUT2D eigenvalue weighted by molar-refractivity contribution is 0.0319. The van der Waals surface area contributed by atoms with Crippen LogP contribution in [-0.2, 0) is 4.74 Å². The summed E-state index contributed by atoms with van der Waals surface area (Å²) in [6, 6.07) is 6.77. The normalized spacial score (nSPS) is 12.2. The van der Waals surface area contributed by atoms with Crippen molar-refractivity contribution in [1.82, 2.24) is 0 Å². The van der Waals surface area contributed by atoms with Crippen LogP contribution in [0.4, 0.5) is 0 Å². The molecule has 0 aromatic heterocycles. The first-order valence-electron chi connectivity index (χ1n) is 6.60. The average Bonchev–Trinajstić information content (AvgIpc) is 2.35. The van der Waals surface area contributed by atoms with E-state index < -0.39 is 0 Å². The minimum atomic E-state index is -0.269. The number of halogens is 1. The first kappa shape index (κ1) is 15.0. The van der Waals surface area contributed by atoms with Gasteiger partial charge in [-0.25, -0.2) is 4.79 Å². The van der Waals surface area contributed by atoms with Crippen LogP contribution in [0.2, 0.25) is 5.02 Å². The van der Waals surface area contributed by atoms with E-state index in [0.29, 0.717) is 10.6 Å². The third-order valence-electron chi connectivity index (χ3n) is 2.85. The van der Waals surface area contributed by atoms with Gasteiger partial charge in [0.05, 0.1) is 11.7 Å². The summed E-state index contributed by atoms with van der Waals surface area (Å²) >= 11 is 5.77. The minimum absolute atomic E-state index is 0.0231. The van der Waals surface area contributed by atoms with E-state index in [0.717, 1.165) is 12.8 Å². The van der Waals surface area contributed by atoms with Crippen molar-refractivity contribution in [3.8, 4) is 0 Å². The minimum Gasteiger partial charge on any atom is -0.459 e. The Labute approximate surface area is 114 Å². The molecule has 18 heavy (non-hydrogen) atoms. The molecule has 0 N–H and O–H groups in total. The first-order valence-corrected chi connectivity index (χ1v) is 6.97. The summed E-state index contributed by atoms with van der Waals surface area (Å²) in [6.45, 7) is 4.13. The SMILES string of the molecule is CCCCCC[C@H](C)OC(=O)c1ccc(Cl)cc1. The fourth-order valence-electron chi connectivity index (χ4n) is 1.75. The third-order valence-corrected chi connectivity index (χ3v) is 3.10. The molecule has 1 atom stereocenters. The lowest BCUT2D eigenvalue weighted by Crippen LogP contribution is -2.14. The molecule has 0 aliphatic carbocycles. The van der Waals surface area contributed by atoms with Gasteiger partial charge in [-0.05, 0) is 44.0 Å². The zero-order valence-electron chi connectivity index (χ0n) is 11.1. The number of unbranched alkanes of at least 4 members (excludes halogenated alkanes) is 3. The molecule has 3 heteroatoms. The number of carbonyl (C=O) groups excluding carboxylic acids is 1. The second kappa shape index (κ2) is 8.15. The van der Waals surface area contributed by atoms with Crippen molar-refractivity contribution in [1.29, 1.82) is 0 Å². The van der Waals surface area contributed by atoms with Gasteiger partial charge in [0.1, 0.15) is 0 Å². The molecule has 0 radical (unpaired) electrons. The van der Waals surface area contributed by atoms with E-state index in [1.165, 1.54) is 19.3 Å². The van der Waals surface area contributed by atoms with E-state index in [1.54, 1.807) is 24.3 Å². The molecule has 0 amide bonds. The van der Waals surface area contributed by atoms with Crippen molar-refractivity contribution in [3.05, 3.63) is 34.9 Å². The maximum absolute atomic E-state index is 11.8. The molecule has 0 saturated heterocycles. The standard InChI is InChI=1S/C15H21ClO2/c1-3-4-5-6-7-12(2)18-15(17)13-8-10-14(16)11-9-13/h8-12H,3-7H2,1-2H3/t12-/m0/s1. The Kier molecular flexibility index (Phi) is 6.81. The van der Waals surface area contributed by atoms with E-state index in [-0.39, 0.29) is 12.1 Å². The largest absolute Gasteiger partial charge is 0.459 e. The van der Waals surface area contributed by atoms with Crippen LogP contribution in [0.25, 0.3) is 0 Å². The van der Waals surface area contributed by atoms with E-state index >= 15 is 0 Å². The summed E-state index contributed by atoms with van der Waals surface area (Å²) in [5, 5.41) is 0.624. The predicted octanol–water partition coefficient (Wildman–Crippen LogP) is 4.86. The molecule has 1 rings (SSSR count). The Morgan fingerprint density at radius 1 is 1.22 bits per heavy atom. The molecule has 0 saturated carbocycles. The van der Waals surface area contributed by atoms with Gasteiger partial charge in [-0.2, -0.15) is 0 Å².